The Hall–Kier alpha value is -1.50. The molecule has 3 atom stereocenters. The minimum absolute atomic E-state index is 0.0861. The first-order valence-electron chi connectivity index (χ1n) is 9.27. The van der Waals surface area contributed by atoms with Gasteiger partial charge in [0.1, 0.15) is 0 Å². The largest absolute Gasteiger partial charge is 0.381 e. The lowest BCUT2D eigenvalue weighted by Gasteiger charge is -2.25. The molecule has 1 amide bonds. The Balaban J connectivity index is 1.35. The Morgan fingerprint density at radius 2 is 2.12 bits per heavy atom. The van der Waals surface area contributed by atoms with E-state index in [9.17, 15) is 4.79 Å². The van der Waals surface area contributed by atoms with Crippen LogP contribution in [-0.4, -0.2) is 67.5 Å². The number of likely N-dealkylation sites (tertiary alicyclic amines) is 1. The fraction of sp³-hybridized carbons (Fsp3) is 0.684. The normalized spacial score (nSPS) is 29.8. The number of pyridine rings is 1. The third kappa shape index (κ3) is 3.86. The highest BCUT2D eigenvalue weighted by Gasteiger charge is 2.47. The zero-order valence-corrected chi connectivity index (χ0v) is 14.5. The fourth-order valence-corrected chi connectivity index (χ4v) is 4.10. The lowest BCUT2D eigenvalue weighted by molar-refractivity contribution is -0.132. The number of carbonyl (C=O) groups is 1. The fourth-order valence-electron chi connectivity index (χ4n) is 4.10. The number of fused-ring (bicyclic) bond motifs is 1. The van der Waals surface area contributed by atoms with E-state index in [2.05, 4.69) is 4.98 Å². The lowest BCUT2D eigenvalue weighted by atomic mass is 10.00. The van der Waals surface area contributed by atoms with Gasteiger partial charge in [0.25, 0.3) is 0 Å². The van der Waals surface area contributed by atoms with E-state index in [1.54, 1.807) is 6.20 Å². The summed E-state index contributed by atoms with van der Waals surface area (Å²) in [7, 11) is 0. The molecule has 4 heterocycles. The molecule has 0 bridgehead atoms. The Morgan fingerprint density at radius 1 is 1.24 bits per heavy atom. The maximum atomic E-state index is 12.8. The quantitative estimate of drug-likeness (QED) is 0.804. The van der Waals surface area contributed by atoms with E-state index in [0.29, 0.717) is 38.0 Å². The van der Waals surface area contributed by atoms with Crippen LogP contribution in [0.3, 0.4) is 0 Å². The number of hydrogen-bond donors (Lipinski definition) is 0. The van der Waals surface area contributed by atoms with E-state index >= 15 is 0 Å². The zero-order chi connectivity index (χ0) is 17.1. The minimum atomic E-state index is 0.0861. The van der Waals surface area contributed by atoms with Gasteiger partial charge in [-0.2, -0.15) is 0 Å². The number of rotatable bonds is 5. The molecule has 3 aliphatic heterocycles. The molecule has 0 aliphatic carbocycles. The summed E-state index contributed by atoms with van der Waals surface area (Å²) in [6.45, 7) is 4.42. The van der Waals surface area contributed by atoms with Crippen LogP contribution in [-0.2, 0) is 25.4 Å². The van der Waals surface area contributed by atoms with Gasteiger partial charge in [-0.15, -0.1) is 0 Å². The maximum Gasteiger partial charge on any atom is 0.229 e. The van der Waals surface area contributed by atoms with Crippen molar-refractivity contribution in [2.75, 3.05) is 39.6 Å². The van der Waals surface area contributed by atoms with Gasteiger partial charge in [0, 0.05) is 37.6 Å². The van der Waals surface area contributed by atoms with Gasteiger partial charge >= 0.3 is 0 Å². The second-order valence-corrected chi connectivity index (χ2v) is 7.24. The van der Waals surface area contributed by atoms with Crippen molar-refractivity contribution in [2.24, 2.45) is 11.8 Å². The predicted octanol–water partition coefficient (Wildman–Crippen LogP) is 1.29. The molecule has 1 aromatic rings. The summed E-state index contributed by atoms with van der Waals surface area (Å²) < 4.78 is 17.3. The first-order valence-corrected chi connectivity index (χ1v) is 9.27. The second kappa shape index (κ2) is 7.81. The number of nitrogens with zero attached hydrogens (tertiary/aromatic N) is 2. The van der Waals surface area contributed by atoms with Crippen molar-refractivity contribution in [1.29, 1.82) is 0 Å². The highest BCUT2D eigenvalue weighted by molar-refractivity contribution is 5.79. The van der Waals surface area contributed by atoms with Gasteiger partial charge in [0.15, 0.2) is 0 Å². The molecule has 1 aromatic heterocycles. The van der Waals surface area contributed by atoms with E-state index in [-0.39, 0.29) is 18.1 Å². The molecule has 0 spiro atoms. The van der Waals surface area contributed by atoms with E-state index in [4.69, 9.17) is 14.2 Å². The van der Waals surface area contributed by atoms with Crippen molar-refractivity contribution in [3.63, 3.8) is 0 Å². The van der Waals surface area contributed by atoms with Crippen LogP contribution in [0.5, 0.6) is 0 Å². The minimum Gasteiger partial charge on any atom is -0.381 e. The molecule has 3 aliphatic rings. The SMILES string of the molecule is O=C(Cc1ccccn1)N1C[C@H](OCC2CCOCC2)[C@H]2COC[C@H]21. The number of hydrogen-bond acceptors (Lipinski definition) is 5. The van der Waals surface area contributed by atoms with Gasteiger partial charge in [-0.1, -0.05) is 6.07 Å². The highest BCUT2D eigenvalue weighted by Crippen LogP contribution is 2.33. The van der Waals surface area contributed by atoms with E-state index in [1.165, 1.54) is 0 Å². The van der Waals surface area contributed by atoms with Gasteiger partial charge < -0.3 is 19.1 Å². The molecule has 4 rings (SSSR count). The van der Waals surface area contributed by atoms with Crippen LogP contribution < -0.4 is 0 Å². The monoisotopic (exact) mass is 346 g/mol. The molecule has 25 heavy (non-hydrogen) atoms. The van der Waals surface area contributed by atoms with Gasteiger partial charge in [-0.05, 0) is 30.9 Å². The first kappa shape index (κ1) is 16.9. The summed E-state index contributed by atoms with van der Waals surface area (Å²) in [6, 6.07) is 5.83. The van der Waals surface area contributed by atoms with Gasteiger partial charge in [-0.25, -0.2) is 0 Å². The predicted molar refractivity (Wildman–Crippen MR) is 91.0 cm³/mol. The average molecular weight is 346 g/mol. The third-order valence-electron chi connectivity index (χ3n) is 5.61. The Kier molecular flexibility index (Phi) is 5.29. The maximum absolute atomic E-state index is 12.8. The molecular formula is C19H26N2O4. The molecule has 3 fully saturated rings. The third-order valence-corrected chi connectivity index (χ3v) is 5.61. The molecule has 136 valence electrons. The summed E-state index contributed by atoms with van der Waals surface area (Å²) in [5.41, 5.74) is 0.814. The van der Waals surface area contributed by atoms with Crippen molar-refractivity contribution in [3.8, 4) is 0 Å². The summed E-state index contributed by atoms with van der Waals surface area (Å²) in [4.78, 5) is 19.0. The average Bonchev–Trinajstić information content (AvgIpc) is 3.24. The zero-order valence-electron chi connectivity index (χ0n) is 14.5. The molecule has 6 heteroatoms. The van der Waals surface area contributed by atoms with E-state index in [0.717, 1.165) is 38.4 Å². The van der Waals surface area contributed by atoms with Crippen LogP contribution in [0.4, 0.5) is 0 Å². The lowest BCUT2D eigenvalue weighted by Crippen LogP contribution is -2.39. The number of aromatic nitrogens is 1. The first-order chi connectivity index (χ1) is 12.3. The van der Waals surface area contributed by atoms with Crippen molar-refractivity contribution >= 4 is 5.91 Å². The van der Waals surface area contributed by atoms with Crippen LogP contribution in [0, 0.1) is 11.8 Å². The van der Waals surface area contributed by atoms with Crippen molar-refractivity contribution in [2.45, 2.75) is 31.4 Å². The molecule has 0 unspecified atom stereocenters. The Bertz CT molecular complexity index is 576. The number of carbonyl (C=O) groups excluding carboxylic acids is 1. The highest BCUT2D eigenvalue weighted by atomic mass is 16.5. The number of ether oxygens (including phenoxy) is 3. The van der Waals surface area contributed by atoms with Crippen molar-refractivity contribution in [1.82, 2.24) is 9.88 Å². The second-order valence-electron chi connectivity index (χ2n) is 7.24. The molecule has 0 saturated carbocycles. The molecule has 0 N–H and O–H groups in total. The smallest absolute Gasteiger partial charge is 0.229 e. The standard InChI is InChI=1S/C19H26N2O4/c22-19(9-15-3-1-2-6-20-15)21-10-18(16-12-24-13-17(16)21)25-11-14-4-7-23-8-5-14/h1-3,6,14,16-18H,4-5,7-13H2/t16-,17+,18-/m0/s1. The van der Waals surface area contributed by atoms with Gasteiger partial charge in [0.2, 0.25) is 5.91 Å². The molecule has 3 saturated heterocycles. The van der Waals surface area contributed by atoms with Crippen molar-refractivity contribution in [3.05, 3.63) is 30.1 Å². The summed E-state index contributed by atoms with van der Waals surface area (Å²) in [5, 5.41) is 0. The topological polar surface area (TPSA) is 60.9 Å². The van der Waals surface area contributed by atoms with Crippen molar-refractivity contribution < 1.29 is 19.0 Å². The van der Waals surface area contributed by atoms with Crippen LogP contribution in [0.25, 0.3) is 0 Å². The number of amides is 1. The Labute approximate surface area is 148 Å². The summed E-state index contributed by atoms with van der Waals surface area (Å²) in [6.07, 6.45) is 4.30. The van der Waals surface area contributed by atoms with Gasteiger partial charge in [-0.3, -0.25) is 9.78 Å². The van der Waals surface area contributed by atoms with E-state index < -0.39 is 0 Å². The van der Waals surface area contributed by atoms with Crippen LogP contribution in [0.15, 0.2) is 24.4 Å². The summed E-state index contributed by atoms with van der Waals surface area (Å²) in [5.74, 6) is 0.997. The van der Waals surface area contributed by atoms with Crippen LogP contribution >= 0.6 is 0 Å². The van der Waals surface area contributed by atoms with Gasteiger partial charge in [0.05, 0.1) is 38.4 Å². The summed E-state index contributed by atoms with van der Waals surface area (Å²) >= 11 is 0. The van der Waals surface area contributed by atoms with Crippen LogP contribution in [0.2, 0.25) is 0 Å². The Morgan fingerprint density at radius 3 is 2.92 bits per heavy atom. The van der Waals surface area contributed by atoms with E-state index in [1.807, 2.05) is 23.1 Å². The molecular weight excluding hydrogens is 320 g/mol. The molecule has 6 nitrogen and oxygen atoms in total. The molecule has 0 radical (unpaired) electrons. The molecule has 0 aromatic carbocycles. The van der Waals surface area contributed by atoms with Crippen LogP contribution in [0.1, 0.15) is 18.5 Å².